The molecule has 0 bridgehead atoms. The number of H-pyrrole nitrogens is 1. The van der Waals surface area contributed by atoms with Crippen LogP contribution >= 0.6 is 12.4 Å². The van der Waals surface area contributed by atoms with Crippen molar-refractivity contribution in [3.63, 3.8) is 0 Å². The minimum absolute atomic E-state index is 0. The smallest absolute Gasteiger partial charge is 0.261 e. The number of nitriles is 1. The average molecular weight is 391 g/mol. The fraction of sp³-hybridized carbons (Fsp3) is 0.167. The number of nitrogens with zero attached hydrogens (tertiary/aromatic N) is 1. The summed E-state index contributed by atoms with van der Waals surface area (Å²) in [7, 11) is -3.74. The van der Waals surface area contributed by atoms with E-state index in [1.165, 1.54) is 12.1 Å². The highest BCUT2D eigenvalue weighted by Gasteiger charge is 2.18. The number of benzene rings is 2. The van der Waals surface area contributed by atoms with Crippen molar-refractivity contribution >= 4 is 39.0 Å². The van der Waals surface area contributed by atoms with Gasteiger partial charge in [0.25, 0.3) is 10.0 Å². The van der Waals surface area contributed by atoms with Gasteiger partial charge in [-0.25, -0.2) is 8.42 Å². The monoisotopic (exact) mass is 390 g/mol. The minimum Gasteiger partial charge on any atom is -0.358 e. The molecule has 0 fully saturated rings. The summed E-state index contributed by atoms with van der Waals surface area (Å²) in [4.78, 5) is 3.17. The van der Waals surface area contributed by atoms with Gasteiger partial charge in [-0.2, -0.15) is 5.26 Å². The fourth-order valence-electron chi connectivity index (χ4n) is 2.80. The predicted octanol–water partition coefficient (Wildman–Crippen LogP) is 3.28. The zero-order valence-electron chi connectivity index (χ0n) is 14.1. The highest BCUT2D eigenvalue weighted by Crippen LogP contribution is 2.30. The Balaban J connectivity index is 0.00000243. The molecule has 0 atom stereocenters. The number of fused-ring (bicyclic) bond motifs is 1. The van der Waals surface area contributed by atoms with E-state index in [1.807, 2.05) is 13.0 Å². The van der Waals surface area contributed by atoms with E-state index >= 15 is 0 Å². The second kappa shape index (κ2) is 7.79. The average Bonchev–Trinajstić information content (AvgIpc) is 3.06. The highest BCUT2D eigenvalue weighted by atomic mass is 35.5. The van der Waals surface area contributed by atoms with Gasteiger partial charge in [-0.15, -0.1) is 12.4 Å². The van der Waals surface area contributed by atoms with Crippen LogP contribution in [0.1, 0.15) is 23.6 Å². The number of rotatable bonds is 5. The third-order valence-corrected chi connectivity index (χ3v) is 5.52. The molecule has 136 valence electrons. The molecule has 0 amide bonds. The summed E-state index contributed by atoms with van der Waals surface area (Å²) < 4.78 is 27.9. The summed E-state index contributed by atoms with van der Waals surface area (Å²) >= 11 is 0. The third-order valence-electron chi connectivity index (χ3n) is 4.14. The van der Waals surface area contributed by atoms with Gasteiger partial charge < -0.3 is 10.7 Å². The Morgan fingerprint density at radius 3 is 2.46 bits per heavy atom. The maximum absolute atomic E-state index is 12.7. The third kappa shape index (κ3) is 3.53. The van der Waals surface area contributed by atoms with Crippen LogP contribution in [0.5, 0.6) is 0 Å². The Labute approximate surface area is 158 Å². The molecule has 4 N–H and O–H groups in total. The number of nitrogens with one attached hydrogen (secondary N) is 2. The zero-order chi connectivity index (χ0) is 18.0. The van der Waals surface area contributed by atoms with E-state index in [9.17, 15) is 13.7 Å². The molecule has 0 radical (unpaired) electrons. The molecular weight excluding hydrogens is 372 g/mol. The molecular formula is C18H19ClN4O2S. The molecule has 1 heterocycles. The standard InChI is InChI=1S/C18H18N4O2S.ClH/c1-2-13-5-8-16(18-17(13)14(10-20)11-21-18)22-25(23,24)15-6-3-12(9-19)4-7-15;/h3-8,11,21-22H,2,9,19H2,1H3;1H. The molecule has 6 nitrogen and oxygen atoms in total. The van der Waals surface area contributed by atoms with Crippen molar-refractivity contribution in [3.8, 4) is 6.07 Å². The number of anilines is 1. The number of aromatic nitrogens is 1. The molecule has 26 heavy (non-hydrogen) atoms. The van der Waals surface area contributed by atoms with Crippen LogP contribution in [0, 0.1) is 11.3 Å². The Morgan fingerprint density at radius 1 is 1.19 bits per heavy atom. The van der Waals surface area contributed by atoms with Crippen molar-refractivity contribution in [1.29, 1.82) is 5.26 Å². The van der Waals surface area contributed by atoms with Gasteiger partial charge >= 0.3 is 0 Å². The molecule has 0 saturated carbocycles. The maximum atomic E-state index is 12.7. The Hall–Kier alpha value is -2.53. The van der Waals surface area contributed by atoms with Crippen LogP contribution in [-0.2, 0) is 23.0 Å². The van der Waals surface area contributed by atoms with E-state index in [2.05, 4.69) is 15.8 Å². The molecule has 1 aromatic heterocycles. The van der Waals surface area contributed by atoms with Crippen LogP contribution in [-0.4, -0.2) is 13.4 Å². The van der Waals surface area contributed by atoms with Crippen molar-refractivity contribution in [2.75, 3.05) is 4.72 Å². The largest absolute Gasteiger partial charge is 0.358 e. The topological polar surface area (TPSA) is 112 Å². The van der Waals surface area contributed by atoms with E-state index in [-0.39, 0.29) is 17.3 Å². The van der Waals surface area contributed by atoms with E-state index in [4.69, 9.17) is 5.73 Å². The summed E-state index contributed by atoms with van der Waals surface area (Å²) in [6, 6.07) is 12.1. The number of nitrogens with two attached hydrogens (primary N) is 1. The van der Waals surface area contributed by atoms with Gasteiger partial charge in [0.1, 0.15) is 6.07 Å². The molecule has 0 spiro atoms. The zero-order valence-corrected chi connectivity index (χ0v) is 15.7. The lowest BCUT2D eigenvalue weighted by Crippen LogP contribution is -2.13. The van der Waals surface area contributed by atoms with Crippen LogP contribution in [0.2, 0.25) is 0 Å². The van der Waals surface area contributed by atoms with E-state index < -0.39 is 10.0 Å². The Bertz CT molecular complexity index is 1070. The number of aryl methyl sites for hydroxylation is 1. The fourth-order valence-corrected chi connectivity index (χ4v) is 3.87. The summed E-state index contributed by atoms with van der Waals surface area (Å²) in [5.41, 5.74) is 8.91. The quantitative estimate of drug-likeness (QED) is 0.620. The van der Waals surface area contributed by atoms with E-state index in [0.29, 0.717) is 23.3 Å². The maximum Gasteiger partial charge on any atom is 0.261 e. The van der Waals surface area contributed by atoms with Gasteiger partial charge in [0.15, 0.2) is 0 Å². The van der Waals surface area contributed by atoms with Crippen molar-refractivity contribution in [2.24, 2.45) is 5.73 Å². The predicted molar refractivity (Wildman–Crippen MR) is 105 cm³/mol. The van der Waals surface area contributed by atoms with Crippen molar-refractivity contribution in [3.05, 3.63) is 59.3 Å². The minimum atomic E-state index is -3.74. The number of aromatic amines is 1. The summed E-state index contributed by atoms with van der Waals surface area (Å²) in [5, 5.41) is 10.0. The van der Waals surface area contributed by atoms with E-state index in [0.717, 1.165) is 22.9 Å². The van der Waals surface area contributed by atoms with Crippen LogP contribution in [0.25, 0.3) is 10.9 Å². The second-order valence-electron chi connectivity index (χ2n) is 5.64. The van der Waals surface area contributed by atoms with Crippen LogP contribution in [0.4, 0.5) is 5.69 Å². The van der Waals surface area contributed by atoms with Gasteiger partial charge in [-0.05, 0) is 35.7 Å². The molecule has 8 heteroatoms. The number of hydrogen-bond donors (Lipinski definition) is 3. The molecule has 0 unspecified atom stereocenters. The molecule has 3 aromatic rings. The van der Waals surface area contributed by atoms with Crippen molar-refractivity contribution < 1.29 is 8.42 Å². The Morgan fingerprint density at radius 2 is 1.88 bits per heavy atom. The van der Waals surface area contributed by atoms with Crippen LogP contribution in [0.3, 0.4) is 0 Å². The van der Waals surface area contributed by atoms with Crippen LogP contribution in [0.15, 0.2) is 47.5 Å². The number of hydrogen-bond acceptors (Lipinski definition) is 4. The first-order valence-corrected chi connectivity index (χ1v) is 9.33. The Kier molecular flexibility index (Phi) is 5.93. The molecule has 3 rings (SSSR count). The SMILES string of the molecule is CCc1ccc(NS(=O)(=O)c2ccc(CN)cc2)c2[nH]cc(C#N)c12.Cl. The lowest BCUT2D eigenvalue weighted by Gasteiger charge is -2.11. The summed E-state index contributed by atoms with van der Waals surface area (Å²) in [6.07, 6.45) is 2.34. The molecule has 0 aliphatic heterocycles. The first-order chi connectivity index (χ1) is 12.0. The molecule has 2 aromatic carbocycles. The highest BCUT2D eigenvalue weighted by molar-refractivity contribution is 7.92. The van der Waals surface area contributed by atoms with Gasteiger partial charge in [-0.3, -0.25) is 4.72 Å². The van der Waals surface area contributed by atoms with Crippen molar-refractivity contribution in [1.82, 2.24) is 4.98 Å². The summed E-state index contributed by atoms with van der Waals surface area (Å²) in [5.74, 6) is 0. The lowest BCUT2D eigenvalue weighted by molar-refractivity contribution is 0.601. The molecule has 0 aliphatic carbocycles. The number of halogens is 1. The van der Waals surface area contributed by atoms with Crippen LogP contribution < -0.4 is 10.5 Å². The first-order valence-electron chi connectivity index (χ1n) is 7.85. The van der Waals surface area contributed by atoms with Gasteiger partial charge in [0.2, 0.25) is 0 Å². The summed E-state index contributed by atoms with van der Waals surface area (Å²) in [6.45, 7) is 2.35. The molecule has 0 aliphatic rings. The molecule has 0 saturated heterocycles. The lowest BCUT2D eigenvalue weighted by atomic mass is 10.0. The normalized spacial score (nSPS) is 11.0. The van der Waals surface area contributed by atoms with Crippen molar-refractivity contribution in [2.45, 2.75) is 24.8 Å². The number of sulfonamides is 1. The van der Waals surface area contributed by atoms with E-state index in [1.54, 1.807) is 24.4 Å². The second-order valence-corrected chi connectivity index (χ2v) is 7.33. The van der Waals surface area contributed by atoms with Gasteiger partial charge in [0.05, 0.1) is 21.7 Å². The first kappa shape index (κ1) is 19.8. The van der Waals surface area contributed by atoms with Gasteiger partial charge in [0, 0.05) is 18.1 Å². The van der Waals surface area contributed by atoms with Gasteiger partial charge in [-0.1, -0.05) is 25.1 Å².